The summed E-state index contributed by atoms with van der Waals surface area (Å²) in [6.07, 6.45) is 0. The number of para-hydroxylation sites is 2. The van der Waals surface area contributed by atoms with Gasteiger partial charge in [0.1, 0.15) is 0 Å². The third kappa shape index (κ3) is 7.58. The largest absolute Gasteiger partial charge is 0.311 e. The smallest absolute Gasteiger partial charge is 0.164 e. The molecule has 0 unspecified atom stereocenters. The van der Waals surface area contributed by atoms with Crippen molar-refractivity contribution >= 4 is 39.6 Å². The van der Waals surface area contributed by atoms with E-state index in [2.05, 4.69) is 0 Å². The molecule has 0 aliphatic carbocycles. The summed E-state index contributed by atoms with van der Waals surface area (Å²) >= 11 is 1.33. The second kappa shape index (κ2) is 16.7. The van der Waals surface area contributed by atoms with E-state index in [4.69, 9.17) is 28.7 Å². The fourth-order valence-electron chi connectivity index (χ4n) is 6.87. The van der Waals surface area contributed by atoms with E-state index in [0.717, 1.165) is 43.5 Å². The van der Waals surface area contributed by atoms with Crippen LogP contribution >= 0.6 is 11.8 Å². The third-order valence-corrected chi connectivity index (χ3v) is 10.7. The minimum Gasteiger partial charge on any atom is -0.311 e. The molecule has 0 spiro atoms. The first-order chi connectivity index (χ1) is 35.6. The minimum absolute atomic E-state index is 0.144. The summed E-state index contributed by atoms with van der Waals surface area (Å²) in [4.78, 5) is 16.9. The number of hydrogen-bond donors (Lipinski definition) is 0. The van der Waals surface area contributed by atoms with Gasteiger partial charge in [0, 0.05) is 43.5 Å². The Balaban J connectivity index is 1.17. The number of rotatable bonds is 10. The van der Waals surface area contributed by atoms with Crippen LogP contribution in [0.4, 0.5) is 17.1 Å². The van der Waals surface area contributed by atoms with Crippen LogP contribution in [0.1, 0.15) is 19.2 Å². The fourth-order valence-corrected chi connectivity index (χ4v) is 7.88. The summed E-state index contributed by atoms with van der Waals surface area (Å²) < 4.78 is 124. The van der Waals surface area contributed by atoms with Crippen LogP contribution in [0.25, 0.3) is 67.2 Å². The molecule has 60 heavy (non-hydrogen) atoms. The van der Waals surface area contributed by atoms with E-state index in [1.165, 1.54) is 11.8 Å². The third-order valence-electron chi connectivity index (χ3n) is 9.65. The molecule has 0 amide bonds. The van der Waals surface area contributed by atoms with Gasteiger partial charge in [-0.25, -0.2) is 15.0 Å². The molecule has 10 aromatic rings. The molecule has 4 nitrogen and oxygen atoms in total. The van der Waals surface area contributed by atoms with Crippen molar-refractivity contribution in [1.29, 1.82) is 0 Å². The molecule has 0 saturated carbocycles. The van der Waals surface area contributed by atoms with Gasteiger partial charge in [-0.2, -0.15) is 0 Å². The second-order valence-electron chi connectivity index (χ2n) is 13.4. The highest BCUT2D eigenvalue weighted by molar-refractivity contribution is 7.99. The van der Waals surface area contributed by atoms with E-state index in [1.54, 1.807) is 6.07 Å². The number of benzene rings is 9. The molecule has 0 bridgehead atoms. The first kappa shape index (κ1) is 24.4. The topological polar surface area (TPSA) is 41.9 Å². The molecule has 10 rings (SSSR count). The molecular formula is C55H38N4S. The van der Waals surface area contributed by atoms with Crippen LogP contribution in [0.15, 0.2) is 240 Å². The Morgan fingerprint density at radius 1 is 0.367 bits per heavy atom. The lowest BCUT2D eigenvalue weighted by Gasteiger charge is -2.25. The van der Waals surface area contributed by atoms with Gasteiger partial charge in [0.05, 0.1) is 19.2 Å². The lowest BCUT2D eigenvalue weighted by atomic mass is 9.93. The van der Waals surface area contributed by atoms with Crippen molar-refractivity contribution in [2.45, 2.75) is 9.79 Å². The van der Waals surface area contributed by atoms with E-state index in [0.29, 0.717) is 32.8 Å². The molecule has 0 saturated heterocycles. The lowest BCUT2D eigenvalue weighted by Crippen LogP contribution is -2.09. The molecule has 5 heteroatoms. The highest BCUT2D eigenvalue weighted by Crippen LogP contribution is 2.43. The lowest BCUT2D eigenvalue weighted by molar-refractivity contribution is 1.08. The van der Waals surface area contributed by atoms with Crippen molar-refractivity contribution in [3.8, 4) is 56.4 Å². The molecule has 0 radical (unpaired) electrons. The summed E-state index contributed by atoms with van der Waals surface area (Å²) in [6, 6.07) is 34.9. The number of aromatic nitrogens is 3. The Bertz CT molecular complexity index is 3670. The van der Waals surface area contributed by atoms with E-state index in [9.17, 15) is 5.48 Å². The van der Waals surface area contributed by atoms with Crippen molar-refractivity contribution in [1.82, 2.24) is 15.0 Å². The zero-order valence-corrected chi connectivity index (χ0v) is 32.4. The van der Waals surface area contributed by atoms with E-state index < -0.39 is 102 Å². The fraction of sp³-hybridized carbons (Fsp3) is 0. The Morgan fingerprint density at radius 2 is 0.833 bits per heavy atom. The minimum atomic E-state index is -0.872. The Morgan fingerprint density at radius 3 is 1.42 bits per heavy atom. The molecule has 9 aromatic carbocycles. The standard InChI is InChI=1S/C55H38N4S/c1-6-18-40(19-7-1)53-56-54(41-20-8-2-9-21-41)58-55(57-53)51-37-36-47(49-28-16-17-29-50(49)51)42-32-35-48(52(38-42)60-46-26-14-5-15-27-46)39-30-33-45(34-31-39)59(43-22-10-3-11-23-43)44-24-12-4-13-25-44/h1-38H/i3D,4D,10D,11D,12D,13D,22D,23D,24D,25D,30D,31D,33D,34D. The van der Waals surface area contributed by atoms with Gasteiger partial charge in [-0.05, 0) is 93.5 Å². The molecule has 0 fully saturated rings. The van der Waals surface area contributed by atoms with Crippen molar-refractivity contribution in [2.75, 3.05) is 4.90 Å². The Kier molecular flexibility index (Phi) is 6.78. The maximum Gasteiger partial charge on any atom is 0.164 e. The van der Waals surface area contributed by atoms with Gasteiger partial charge in [0.15, 0.2) is 17.5 Å². The number of hydrogen-bond acceptors (Lipinski definition) is 5. The predicted molar refractivity (Wildman–Crippen MR) is 250 cm³/mol. The van der Waals surface area contributed by atoms with Crippen molar-refractivity contribution in [2.24, 2.45) is 0 Å². The first-order valence-corrected chi connectivity index (χ1v) is 19.7. The average molecular weight is 801 g/mol. The van der Waals surface area contributed by atoms with Gasteiger partial charge in [-0.1, -0.05) is 181 Å². The number of fused-ring (bicyclic) bond motifs is 1. The zero-order chi connectivity index (χ0) is 52.3. The maximum absolute atomic E-state index is 9.59. The molecule has 1 aromatic heterocycles. The maximum atomic E-state index is 9.59. The van der Waals surface area contributed by atoms with Gasteiger partial charge in [-0.3, -0.25) is 0 Å². The monoisotopic (exact) mass is 800 g/mol. The predicted octanol–water partition coefficient (Wildman–Crippen LogP) is 15.0. The number of nitrogens with zero attached hydrogens (tertiary/aromatic N) is 4. The van der Waals surface area contributed by atoms with Crippen LogP contribution < -0.4 is 4.90 Å². The van der Waals surface area contributed by atoms with E-state index >= 15 is 0 Å². The highest BCUT2D eigenvalue weighted by atomic mass is 32.2. The zero-order valence-electron chi connectivity index (χ0n) is 45.6. The van der Waals surface area contributed by atoms with Crippen LogP contribution in [-0.2, 0) is 0 Å². The van der Waals surface area contributed by atoms with Crippen molar-refractivity contribution < 1.29 is 19.2 Å². The average Bonchev–Trinajstić information content (AvgIpc) is 3.44. The summed E-state index contributed by atoms with van der Waals surface area (Å²) in [5.41, 5.74) is 1.97. The summed E-state index contributed by atoms with van der Waals surface area (Å²) in [6.45, 7) is 0. The summed E-state index contributed by atoms with van der Waals surface area (Å²) in [7, 11) is 0. The first-order valence-electron chi connectivity index (χ1n) is 25.9. The Hall–Kier alpha value is -7.60. The van der Waals surface area contributed by atoms with Crippen LogP contribution in [0, 0.1) is 0 Å². The Labute approximate surface area is 374 Å². The molecule has 0 aliphatic heterocycles. The molecule has 0 N–H and O–H groups in total. The van der Waals surface area contributed by atoms with Crippen molar-refractivity contribution in [3.63, 3.8) is 0 Å². The second-order valence-corrected chi connectivity index (χ2v) is 14.5. The van der Waals surface area contributed by atoms with E-state index in [-0.39, 0.29) is 5.56 Å². The van der Waals surface area contributed by atoms with Crippen LogP contribution in [0.3, 0.4) is 0 Å². The quantitative estimate of drug-likeness (QED) is 0.138. The summed E-state index contributed by atoms with van der Waals surface area (Å²) in [5.74, 6) is 1.50. The molecular weight excluding hydrogens is 749 g/mol. The molecule has 284 valence electrons. The molecule has 0 atom stereocenters. The normalized spacial score (nSPS) is 14.3. The van der Waals surface area contributed by atoms with Gasteiger partial charge in [0.25, 0.3) is 0 Å². The van der Waals surface area contributed by atoms with Gasteiger partial charge >= 0.3 is 0 Å². The van der Waals surface area contributed by atoms with Crippen molar-refractivity contribution in [3.05, 3.63) is 230 Å². The van der Waals surface area contributed by atoms with Gasteiger partial charge < -0.3 is 4.90 Å². The van der Waals surface area contributed by atoms with Gasteiger partial charge in [0.2, 0.25) is 0 Å². The highest BCUT2D eigenvalue weighted by Gasteiger charge is 2.18. The number of anilines is 3. The van der Waals surface area contributed by atoms with E-state index in [1.807, 2.05) is 140 Å². The SMILES string of the molecule is [2H]c1c([2H])c([2H])c(N(c2c([2H])c([2H])c([2H])c([2H])c2[2H])c2c([2H])c([2H])c(-c3ccc(-c4ccc(-c5nc(-c6ccccc6)nc(-c6ccccc6)n5)c5ccccc45)cc3Sc3ccccc3)c([2H])c2[2H])c([2H])c1[2H]. The molecule has 1 heterocycles. The van der Waals surface area contributed by atoms with Crippen LogP contribution in [0.2, 0.25) is 0 Å². The van der Waals surface area contributed by atoms with Crippen LogP contribution in [0.5, 0.6) is 0 Å². The van der Waals surface area contributed by atoms with Gasteiger partial charge in [-0.15, -0.1) is 0 Å². The molecule has 0 aliphatic rings. The van der Waals surface area contributed by atoms with Crippen LogP contribution in [-0.4, -0.2) is 15.0 Å². The summed E-state index contributed by atoms with van der Waals surface area (Å²) in [5, 5.41) is 1.72.